The van der Waals surface area contributed by atoms with E-state index < -0.39 is 0 Å². The third kappa shape index (κ3) is 3.47. The molecule has 0 spiro atoms. The maximum absolute atomic E-state index is 14.0. The molecule has 2 rings (SSSR count). The largest absolute Gasteiger partial charge is 0.367 e. The Hall–Kier alpha value is -1.10. The van der Waals surface area contributed by atoms with Crippen molar-refractivity contribution in [3.05, 3.63) is 50.9 Å². The Morgan fingerprint density at radius 2 is 2.11 bits per heavy atom. The predicted octanol–water partition coefficient (Wildman–Crippen LogP) is 4.20. The molecule has 0 fully saturated rings. The van der Waals surface area contributed by atoms with Crippen LogP contribution < -0.4 is 10.6 Å². The van der Waals surface area contributed by atoms with E-state index in [1.807, 2.05) is 37.1 Å². The van der Waals surface area contributed by atoms with E-state index in [9.17, 15) is 4.39 Å². The molecule has 1 atom stereocenters. The molecule has 1 aromatic heterocycles. The molecular formula is C14H16ClFN2S. The molecule has 5 heteroatoms. The smallest absolute Gasteiger partial charge is 0.146 e. The van der Waals surface area contributed by atoms with Gasteiger partial charge >= 0.3 is 0 Å². The fraction of sp³-hybridized carbons (Fsp3) is 0.286. The number of rotatable bonds is 4. The first-order valence-electron chi connectivity index (χ1n) is 5.97. The van der Waals surface area contributed by atoms with Crippen molar-refractivity contribution in [2.45, 2.75) is 19.5 Å². The minimum absolute atomic E-state index is 0.162. The zero-order chi connectivity index (χ0) is 14.0. The van der Waals surface area contributed by atoms with Gasteiger partial charge in [0.25, 0.3) is 0 Å². The number of halogens is 2. The van der Waals surface area contributed by atoms with Crippen molar-refractivity contribution in [2.24, 2.45) is 5.73 Å². The number of thiophene rings is 1. The van der Waals surface area contributed by atoms with Crippen LogP contribution in [0.1, 0.15) is 23.4 Å². The molecule has 0 bridgehead atoms. The maximum atomic E-state index is 14.0. The van der Waals surface area contributed by atoms with Crippen LogP contribution in [0.2, 0.25) is 4.34 Å². The van der Waals surface area contributed by atoms with Crippen LogP contribution in [0.4, 0.5) is 10.1 Å². The lowest BCUT2D eigenvalue weighted by atomic mass is 10.1. The van der Waals surface area contributed by atoms with Gasteiger partial charge in [0.05, 0.1) is 16.6 Å². The van der Waals surface area contributed by atoms with E-state index in [1.54, 1.807) is 6.07 Å². The van der Waals surface area contributed by atoms with Crippen molar-refractivity contribution in [3.63, 3.8) is 0 Å². The molecule has 0 aliphatic heterocycles. The summed E-state index contributed by atoms with van der Waals surface area (Å²) in [5, 5.41) is 0. The quantitative estimate of drug-likeness (QED) is 0.917. The van der Waals surface area contributed by atoms with E-state index in [4.69, 9.17) is 17.3 Å². The lowest BCUT2D eigenvalue weighted by Crippen LogP contribution is -2.17. The van der Waals surface area contributed by atoms with Gasteiger partial charge in [-0.15, -0.1) is 11.3 Å². The Balaban J connectivity index is 2.17. The van der Waals surface area contributed by atoms with E-state index in [2.05, 4.69) is 0 Å². The van der Waals surface area contributed by atoms with Crippen LogP contribution in [0.25, 0.3) is 0 Å². The van der Waals surface area contributed by atoms with Gasteiger partial charge < -0.3 is 10.6 Å². The summed E-state index contributed by atoms with van der Waals surface area (Å²) in [6, 6.07) is 8.77. The zero-order valence-electron chi connectivity index (χ0n) is 10.9. The number of nitrogens with two attached hydrogens (primary N) is 1. The third-order valence-electron chi connectivity index (χ3n) is 2.93. The van der Waals surface area contributed by atoms with Crippen molar-refractivity contribution in [2.75, 3.05) is 11.9 Å². The van der Waals surface area contributed by atoms with Crippen LogP contribution in [-0.2, 0) is 6.54 Å². The minimum Gasteiger partial charge on any atom is -0.367 e. The second kappa shape index (κ2) is 5.90. The second-order valence-corrected chi connectivity index (χ2v) is 6.36. The number of hydrogen-bond acceptors (Lipinski definition) is 3. The van der Waals surface area contributed by atoms with Crippen molar-refractivity contribution in [1.82, 2.24) is 0 Å². The highest BCUT2D eigenvalue weighted by Gasteiger charge is 2.11. The molecule has 2 aromatic rings. The van der Waals surface area contributed by atoms with Crippen molar-refractivity contribution < 1.29 is 4.39 Å². The lowest BCUT2D eigenvalue weighted by molar-refractivity contribution is 0.617. The van der Waals surface area contributed by atoms with Gasteiger partial charge in [-0.2, -0.15) is 0 Å². The van der Waals surface area contributed by atoms with Gasteiger partial charge in [0.15, 0.2) is 0 Å². The monoisotopic (exact) mass is 298 g/mol. The Bertz CT molecular complexity index is 568. The summed E-state index contributed by atoms with van der Waals surface area (Å²) in [5.74, 6) is -0.250. The Morgan fingerprint density at radius 3 is 2.63 bits per heavy atom. The van der Waals surface area contributed by atoms with Gasteiger partial charge in [0.2, 0.25) is 0 Å². The number of anilines is 1. The van der Waals surface area contributed by atoms with Crippen LogP contribution in [-0.4, -0.2) is 7.05 Å². The van der Waals surface area contributed by atoms with Crippen molar-refractivity contribution in [1.29, 1.82) is 0 Å². The molecule has 0 radical (unpaired) electrons. The van der Waals surface area contributed by atoms with E-state index in [0.717, 1.165) is 14.8 Å². The summed E-state index contributed by atoms with van der Waals surface area (Å²) in [5.41, 5.74) is 7.11. The maximum Gasteiger partial charge on any atom is 0.146 e. The first-order chi connectivity index (χ1) is 8.97. The average molecular weight is 299 g/mol. The molecule has 2 nitrogen and oxygen atoms in total. The van der Waals surface area contributed by atoms with Gasteiger partial charge in [-0.1, -0.05) is 17.7 Å². The fourth-order valence-corrected chi connectivity index (χ4v) is 3.01. The Morgan fingerprint density at radius 1 is 1.37 bits per heavy atom. The van der Waals surface area contributed by atoms with Crippen LogP contribution in [0.15, 0.2) is 30.3 Å². The highest BCUT2D eigenvalue weighted by Crippen LogP contribution is 2.26. The first-order valence-corrected chi connectivity index (χ1v) is 7.17. The molecule has 102 valence electrons. The number of benzene rings is 1. The fourth-order valence-electron chi connectivity index (χ4n) is 1.87. The Labute approximate surface area is 121 Å². The van der Waals surface area contributed by atoms with Gasteiger partial charge in [-0.25, -0.2) is 4.39 Å². The molecule has 1 heterocycles. The minimum atomic E-state index is -0.250. The van der Waals surface area contributed by atoms with Gasteiger partial charge in [0, 0.05) is 18.0 Å². The van der Waals surface area contributed by atoms with Crippen LogP contribution in [0, 0.1) is 5.82 Å². The number of nitrogens with zero attached hydrogens (tertiary/aromatic N) is 1. The van der Waals surface area contributed by atoms with Gasteiger partial charge in [-0.3, -0.25) is 0 Å². The predicted molar refractivity (Wildman–Crippen MR) is 80.4 cm³/mol. The SMILES string of the molecule is C[C@H](N)c1ccc(N(C)Cc2ccc(Cl)s2)c(F)c1. The summed E-state index contributed by atoms with van der Waals surface area (Å²) in [6.07, 6.45) is 0. The van der Waals surface area contributed by atoms with E-state index >= 15 is 0 Å². The molecular weight excluding hydrogens is 283 g/mol. The standard InChI is InChI=1S/C14H16ClFN2S/c1-9(17)10-3-5-13(12(16)7-10)18(2)8-11-4-6-14(15)19-11/h3-7,9H,8,17H2,1-2H3/t9-/m0/s1. The van der Waals surface area contributed by atoms with Crippen molar-refractivity contribution >= 4 is 28.6 Å². The van der Waals surface area contributed by atoms with Gasteiger partial charge in [-0.05, 0) is 36.8 Å². The summed E-state index contributed by atoms with van der Waals surface area (Å²) >= 11 is 7.39. The highest BCUT2D eigenvalue weighted by molar-refractivity contribution is 7.16. The lowest BCUT2D eigenvalue weighted by Gasteiger charge is -2.20. The van der Waals surface area contributed by atoms with E-state index in [-0.39, 0.29) is 11.9 Å². The molecule has 0 saturated heterocycles. The molecule has 0 unspecified atom stereocenters. The molecule has 0 aliphatic carbocycles. The summed E-state index contributed by atoms with van der Waals surface area (Å²) in [6.45, 7) is 2.47. The average Bonchev–Trinajstić information content (AvgIpc) is 2.74. The topological polar surface area (TPSA) is 29.3 Å². The summed E-state index contributed by atoms with van der Waals surface area (Å²) in [4.78, 5) is 2.96. The summed E-state index contributed by atoms with van der Waals surface area (Å²) < 4.78 is 14.8. The van der Waals surface area contributed by atoms with Crippen LogP contribution in [0.5, 0.6) is 0 Å². The van der Waals surface area contributed by atoms with Crippen LogP contribution in [0.3, 0.4) is 0 Å². The van der Waals surface area contributed by atoms with Crippen LogP contribution >= 0.6 is 22.9 Å². The zero-order valence-corrected chi connectivity index (χ0v) is 12.4. The normalized spacial score (nSPS) is 12.5. The third-order valence-corrected chi connectivity index (χ3v) is 4.15. The highest BCUT2D eigenvalue weighted by atomic mass is 35.5. The second-order valence-electron chi connectivity index (χ2n) is 4.56. The molecule has 19 heavy (non-hydrogen) atoms. The summed E-state index contributed by atoms with van der Waals surface area (Å²) in [7, 11) is 1.86. The molecule has 2 N–H and O–H groups in total. The van der Waals surface area contributed by atoms with Crippen molar-refractivity contribution in [3.8, 4) is 0 Å². The molecule has 0 aliphatic rings. The molecule has 0 amide bonds. The molecule has 1 aromatic carbocycles. The number of hydrogen-bond donors (Lipinski definition) is 1. The van der Waals surface area contributed by atoms with E-state index in [0.29, 0.717) is 12.2 Å². The van der Waals surface area contributed by atoms with Gasteiger partial charge in [0.1, 0.15) is 5.82 Å². The molecule has 0 saturated carbocycles. The Kier molecular flexibility index (Phi) is 4.45. The van der Waals surface area contributed by atoms with E-state index in [1.165, 1.54) is 17.4 Å². The first kappa shape index (κ1) is 14.3.